The Morgan fingerprint density at radius 2 is 2.20 bits per heavy atom. The molecule has 0 aromatic heterocycles. The molecule has 0 aliphatic carbocycles. The van der Waals surface area contributed by atoms with E-state index in [2.05, 4.69) is 12.2 Å². The average Bonchev–Trinajstić information content (AvgIpc) is 2.17. The molecule has 15 heavy (non-hydrogen) atoms. The van der Waals surface area contributed by atoms with Gasteiger partial charge in [-0.1, -0.05) is 13.3 Å². The third-order valence-corrected chi connectivity index (χ3v) is 2.25. The van der Waals surface area contributed by atoms with Gasteiger partial charge in [-0.3, -0.25) is 10.1 Å². The number of unbranched alkanes of at least 4 members (excludes halogenated alkanes) is 1. The number of anilines is 1. The van der Waals surface area contributed by atoms with E-state index in [0.717, 1.165) is 25.1 Å². The first kappa shape index (κ1) is 11.5. The number of benzene rings is 1. The highest BCUT2D eigenvalue weighted by Crippen LogP contribution is 2.21. The van der Waals surface area contributed by atoms with Crippen LogP contribution in [0.3, 0.4) is 0 Å². The van der Waals surface area contributed by atoms with Gasteiger partial charge in [0.15, 0.2) is 0 Å². The molecule has 1 N–H and O–H groups in total. The van der Waals surface area contributed by atoms with Crippen LogP contribution in [-0.2, 0) is 0 Å². The molecule has 0 unspecified atom stereocenters. The van der Waals surface area contributed by atoms with Gasteiger partial charge in [-0.15, -0.1) is 0 Å². The van der Waals surface area contributed by atoms with Gasteiger partial charge in [0.2, 0.25) is 0 Å². The summed E-state index contributed by atoms with van der Waals surface area (Å²) in [6.07, 6.45) is 2.25. The van der Waals surface area contributed by atoms with Crippen LogP contribution in [0.25, 0.3) is 0 Å². The summed E-state index contributed by atoms with van der Waals surface area (Å²) in [5, 5.41) is 13.8. The lowest BCUT2D eigenvalue weighted by Crippen LogP contribution is -2.01. The topological polar surface area (TPSA) is 55.2 Å². The standard InChI is InChI=1S/C11H16N2O2/c1-3-4-7-12-10-5-6-11(13(14)15)9(2)8-10/h5-6,8,12H,3-4,7H2,1-2H3. The van der Waals surface area contributed by atoms with Crippen LogP contribution in [0.1, 0.15) is 25.3 Å². The van der Waals surface area contributed by atoms with Crippen LogP contribution in [0.15, 0.2) is 18.2 Å². The van der Waals surface area contributed by atoms with Gasteiger partial charge in [-0.05, 0) is 25.5 Å². The Labute approximate surface area is 89.5 Å². The molecule has 1 rings (SSSR count). The van der Waals surface area contributed by atoms with Crippen LogP contribution in [0.5, 0.6) is 0 Å². The normalized spacial score (nSPS) is 10.0. The van der Waals surface area contributed by atoms with E-state index < -0.39 is 0 Å². The highest BCUT2D eigenvalue weighted by atomic mass is 16.6. The monoisotopic (exact) mass is 208 g/mol. The molecule has 0 fully saturated rings. The first-order valence-electron chi connectivity index (χ1n) is 5.14. The van der Waals surface area contributed by atoms with Crippen molar-refractivity contribution in [1.82, 2.24) is 0 Å². The zero-order valence-corrected chi connectivity index (χ0v) is 9.12. The van der Waals surface area contributed by atoms with Crippen molar-refractivity contribution in [2.24, 2.45) is 0 Å². The summed E-state index contributed by atoms with van der Waals surface area (Å²) in [6, 6.07) is 5.11. The molecule has 0 amide bonds. The largest absolute Gasteiger partial charge is 0.385 e. The van der Waals surface area contributed by atoms with Gasteiger partial charge in [-0.25, -0.2) is 0 Å². The maximum absolute atomic E-state index is 10.6. The summed E-state index contributed by atoms with van der Waals surface area (Å²) in [5.74, 6) is 0. The summed E-state index contributed by atoms with van der Waals surface area (Å²) < 4.78 is 0. The molecule has 4 nitrogen and oxygen atoms in total. The van der Waals surface area contributed by atoms with Crippen molar-refractivity contribution >= 4 is 11.4 Å². The fourth-order valence-electron chi connectivity index (χ4n) is 1.38. The Bertz CT molecular complexity index is 350. The number of nitrogens with zero attached hydrogens (tertiary/aromatic N) is 1. The lowest BCUT2D eigenvalue weighted by atomic mass is 10.2. The predicted octanol–water partition coefficient (Wildman–Crippen LogP) is 3.12. The molecule has 0 radical (unpaired) electrons. The number of nitro groups is 1. The molecule has 1 aromatic rings. The summed E-state index contributed by atoms with van der Waals surface area (Å²) in [7, 11) is 0. The van der Waals surface area contributed by atoms with E-state index in [9.17, 15) is 10.1 Å². The lowest BCUT2D eigenvalue weighted by molar-refractivity contribution is -0.385. The van der Waals surface area contributed by atoms with Crippen molar-refractivity contribution in [3.05, 3.63) is 33.9 Å². The van der Waals surface area contributed by atoms with E-state index in [-0.39, 0.29) is 10.6 Å². The first-order valence-corrected chi connectivity index (χ1v) is 5.14. The third-order valence-electron chi connectivity index (χ3n) is 2.25. The van der Waals surface area contributed by atoms with E-state index in [1.807, 2.05) is 6.07 Å². The van der Waals surface area contributed by atoms with Crippen molar-refractivity contribution in [3.8, 4) is 0 Å². The van der Waals surface area contributed by atoms with Crippen LogP contribution in [0.4, 0.5) is 11.4 Å². The van der Waals surface area contributed by atoms with E-state index in [1.165, 1.54) is 0 Å². The van der Waals surface area contributed by atoms with Gasteiger partial charge < -0.3 is 5.32 Å². The Hall–Kier alpha value is -1.58. The fraction of sp³-hybridized carbons (Fsp3) is 0.455. The highest BCUT2D eigenvalue weighted by molar-refractivity contribution is 5.53. The molecule has 0 aliphatic heterocycles. The summed E-state index contributed by atoms with van der Waals surface area (Å²) in [4.78, 5) is 10.2. The van der Waals surface area contributed by atoms with Crippen molar-refractivity contribution < 1.29 is 4.92 Å². The van der Waals surface area contributed by atoms with E-state index in [0.29, 0.717) is 5.56 Å². The Morgan fingerprint density at radius 3 is 2.73 bits per heavy atom. The van der Waals surface area contributed by atoms with Crippen LogP contribution < -0.4 is 5.32 Å². The van der Waals surface area contributed by atoms with Gasteiger partial charge in [0.05, 0.1) is 4.92 Å². The highest BCUT2D eigenvalue weighted by Gasteiger charge is 2.09. The maximum atomic E-state index is 10.6. The van der Waals surface area contributed by atoms with Crippen LogP contribution in [0, 0.1) is 17.0 Å². The van der Waals surface area contributed by atoms with Gasteiger partial charge in [-0.2, -0.15) is 0 Å². The predicted molar refractivity (Wildman–Crippen MR) is 61.2 cm³/mol. The third kappa shape index (κ3) is 3.23. The quantitative estimate of drug-likeness (QED) is 0.459. The van der Waals surface area contributed by atoms with Crippen LogP contribution in [0.2, 0.25) is 0 Å². The summed E-state index contributed by atoms with van der Waals surface area (Å²) in [5.41, 5.74) is 1.82. The molecule has 0 saturated carbocycles. The molecular weight excluding hydrogens is 192 g/mol. The Morgan fingerprint density at radius 1 is 1.47 bits per heavy atom. The summed E-state index contributed by atoms with van der Waals surface area (Å²) >= 11 is 0. The fourth-order valence-corrected chi connectivity index (χ4v) is 1.38. The number of hydrogen-bond acceptors (Lipinski definition) is 3. The minimum atomic E-state index is -0.356. The molecule has 0 heterocycles. The van der Waals surface area contributed by atoms with E-state index in [1.54, 1.807) is 19.1 Å². The Kier molecular flexibility index (Phi) is 4.09. The number of nitro benzene ring substituents is 1. The first-order chi connectivity index (χ1) is 7.15. The molecule has 82 valence electrons. The van der Waals surface area contributed by atoms with E-state index >= 15 is 0 Å². The van der Waals surface area contributed by atoms with Gasteiger partial charge >= 0.3 is 0 Å². The zero-order valence-electron chi connectivity index (χ0n) is 9.12. The average molecular weight is 208 g/mol. The Balaban J connectivity index is 2.69. The second-order valence-corrected chi connectivity index (χ2v) is 3.54. The van der Waals surface area contributed by atoms with Gasteiger partial charge in [0.1, 0.15) is 0 Å². The van der Waals surface area contributed by atoms with Gasteiger partial charge in [0, 0.05) is 23.9 Å². The maximum Gasteiger partial charge on any atom is 0.272 e. The van der Waals surface area contributed by atoms with Gasteiger partial charge in [0.25, 0.3) is 5.69 Å². The lowest BCUT2D eigenvalue weighted by Gasteiger charge is -2.06. The second-order valence-electron chi connectivity index (χ2n) is 3.54. The molecule has 0 spiro atoms. The van der Waals surface area contributed by atoms with Crippen molar-refractivity contribution in [2.45, 2.75) is 26.7 Å². The van der Waals surface area contributed by atoms with Crippen molar-refractivity contribution in [2.75, 3.05) is 11.9 Å². The molecule has 0 aliphatic rings. The number of nitrogens with one attached hydrogen (secondary N) is 1. The van der Waals surface area contributed by atoms with Crippen LogP contribution in [-0.4, -0.2) is 11.5 Å². The minimum absolute atomic E-state index is 0.177. The molecule has 4 heteroatoms. The number of aryl methyl sites for hydroxylation is 1. The second kappa shape index (κ2) is 5.34. The minimum Gasteiger partial charge on any atom is -0.385 e. The summed E-state index contributed by atoms with van der Waals surface area (Å²) in [6.45, 7) is 4.79. The number of hydrogen-bond donors (Lipinski definition) is 1. The van der Waals surface area contributed by atoms with Crippen molar-refractivity contribution in [3.63, 3.8) is 0 Å². The molecule has 0 atom stereocenters. The van der Waals surface area contributed by atoms with Crippen LogP contribution >= 0.6 is 0 Å². The SMILES string of the molecule is CCCCNc1ccc([N+](=O)[O-])c(C)c1. The van der Waals surface area contributed by atoms with Crippen molar-refractivity contribution in [1.29, 1.82) is 0 Å². The molecule has 0 bridgehead atoms. The molecule has 0 saturated heterocycles. The molecular formula is C11H16N2O2. The number of rotatable bonds is 5. The van der Waals surface area contributed by atoms with E-state index in [4.69, 9.17) is 0 Å². The molecule has 1 aromatic carbocycles. The smallest absolute Gasteiger partial charge is 0.272 e. The zero-order chi connectivity index (χ0) is 11.3.